The Morgan fingerprint density at radius 2 is 1.71 bits per heavy atom. The van der Waals surface area contributed by atoms with Crippen LogP contribution in [0.3, 0.4) is 0 Å². The SMILES string of the molecule is CCN(CC)CCC[C@H](C)Nc1nc(/C=C/c2cc(OC)c(OC)cc2Cl)nc2cc(Cl)ccc12. The number of rotatable bonds is 12. The van der Waals surface area contributed by atoms with Gasteiger partial charge in [-0.3, -0.25) is 0 Å². The number of nitrogens with zero attached hydrogens (tertiary/aromatic N) is 3. The maximum atomic E-state index is 6.45. The largest absolute Gasteiger partial charge is 0.493 e. The van der Waals surface area contributed by atoms with E-state index < -0.39 is 0 Å². The van der Waals surface area contributed by atoms with Crippen LogP contribution < -0.4 is 14.8 Å². The van der Waals surface area contributed by atoms with Crippen molar-refractivity contribution in [1.82, 2.24) is 14.9 Å². The zero-order chi connectivity index (χ0) is 25.4. The van der Waals surface area contributed by atoms with Gasteiger partial charge in [-0.2, -0.15) is 0 Å². The molecule has 0 aliphatic heterocycles. The fourth-order valence-electron chi connectivity index (χ4n) is 3.93. The number of hydrogen-bond donors (Lipinski definition) is 1. The molecule has 0 unspecified atom stereocenters. The summed E-state index contributed by atoms with van der Waals surface area (Å²) < 4.78 is 10.7. The zero-order valence-electron chi connectivity index (χ0n) is 21.1. The fourth-order valence-corrected chi connectivity index (χ4v) is 4.32. The summed E-state index contributed by atoms with van der Waals surface area (Å²) in [6, 6.07) is 9.50. The van der Waals surface area contributed by atoms with Crippen LogP contribution in [0.5, 0.6) is 11.5 Å². The smallest absolute Gasteiger partial charge is 0.162 e. The van der Waals surface area contributed by atoms with Gasteiger partial charge in [0, 0.05) is 22.5 Å². The van der Waals surface area contributed by atoms with E-state index in [-0.39, 0.29) is 6.04 Å². The molecule has 6 nitrogen and oxygen atoms in total. The zero-order valence-corrected chi connectivity index (χ0v) is 22.6. The lowest BCUT2D eigenvalue weighted by Crippen LogP contribution is -2.25. The maximum absolute atomic E-state index is 6.45. The molecule has 0 saturated carbocycles. The molecule has 3 aromatic rings. The lowest BCUT2D eigenvalue weighted by Gasteiger charge is -2.20. The lowest BCUT2D eigenvalue weighted by molar-refractivity contribution is 0.295. The number of nitrogens with one attached hydrogen (secondary N) is 1. The second-order valence-electron chi connectivity index (χ2n) is 8.37. The molecule has 3 rings (SSSR count). The molecule has 0 aliphatic carbocycles. The molecule has 1 aromatic heterocycles. The van der Waals surface area contributed by atoms with E-state index in [0.717, 1.165) is 54.8 Å². The van der Waals surface area contributed by atoms with E-state index in [1.165, 1.54) is 0 Å². The third-order valence-corrected chi connectivity index (χ3v) is 6.54. The summed E-state index contributed by atoms with van der Waals surface area (Å²) >= 11 is 12.7. The quantitative estimate of drug-likeness (QED) is 0.278. The van der Waals surface area contributed by atoms with Crippen molar-refractivity contribution in [3.05, 3.63) is 51.8 Å². The van der Waals surface area contributed by atoms with Gasteiger partial charge in [0.25, 0.3) is 0 Å². The highest BCUT2D eigenvalue weighted by atomic mass is 35.5. The van der Waals surface area contributed by atoms with E-state index >= 15 is 0 Å². The molecule has 1 N–H and O–H groups in total. The first-order chi connectivity index (χ1) is 16.9. The van der Waals surface area contributed by atoms with Gasteiger partial charge in [0.2, 0.25) is 0 Å². The standard InChI is InChI=1S/C27H34Cl2N4O2/c1-6-33(7-2)14-8-9-18(3)30-27-21-12-11-20(28)16-23(21)31-26(32-27)13-10-19-15-24(34-4)25(35-5)17-22(19)29/h10-13,15-18H,6-9,14H2,1-5H3,(H,30,31,32)/b13-10+/t18-/m0/s1. The second kappa shape index (κ2) is 13.0. The molecule has 0 amide bonds. The van der Waals surface area contributed by atoms with Crippen LogP contribution in [-0.4, -0.2) is 54.8 Å². The van der Waals surface area contributed by atoms with Gasteiger partial charge in [-0.25, -0.2) is 9.97 Å². The van der Waals surface area contributed by atoms with Crippen LogP contribution in [0.1, 0.15) is 45.0 Å². The molecular weight excluding hydrogens is 483 g/mol. The van der Waals surface area contributed by atoms with Gasteiger partial charge < -0.3 is 19.7 Å². The number of benzene rings is 2. The van der Waals surface area contributed by atoms with E-state index in [4.69, 9.17) is 42.6 Å². The van der Waals surface area contributed by atoms with Crippen molar-refractivity contribution in [2.24, 2.45) is 0 Å². The molecule has 0 bridgehead atoms. The van der Waals surface area contributed by atoms with Crippen LogP contribution in [0.25, 0.3) is 23.1 Å². The summed E-state index contributed by atoms with van der Waals surface area (Å²) in [5.41, 5.74) is 1.56. The van der Waals surface area contributed by atoms with Gasteiger partial charge >= 0.3 is 0 Å². The molecule has 8 heteroatoms. The Labute approximate surface area is 218 Å². The number of hydrogen-bond acceptors (Lipinski definition) is 6. The molecule has 1 atom stereocenters. The summed E-state index contributed by atoms with van der Waals surface area (Å²) in [5, 5.41) is 5.70. The number of aromatic nitrogens is 2. The third-order valence-electron chi connectivity index (χ3n) is 5.98. The average molecular weight is 518 g/mol. The average Bonchev–Trinajstić information content (AvgIpc) is 2.85. The maximum Gasteiger partial charge on any atom is 0.162 e. The summed E-state index contributed by atoms with van der Waals surface area (Å²) in [4.78, 5) is 12.0. The normalized spacial score (nSPS) is 12.5. The van der Waals surface area contributed by atoms with Crippen molar-refractivity contribution < 1.29 is 9.47 Å². The number of anilines is 1. The molecular formula is C27H34Cl2N4O2. The molecule has 0 spiro atoms. The van der Waals surface area contributed by atoms with E-state index in [1.54, 1.807) is 20.3 Å². The van der Waals surface area contributed by atoms with Crippen LogP contribution in [0.4, 0.5) is 5.82 Å². The Kier molecular flexibility index (Phi) is 10.0. The Morgan fingerprint density at radius 1 is 1.00 bits per heavy atom. The first-order valence-corrected chi connectivity index (χ1v) is 12.7. The van der Waals surface area contributed by atoms with E-state index in [1.807, 2.05) is 36.4 Å². The van der Waals surface area contributed by atoms with Gasteiger partial charge in [0.15, 0.2) is 17.3 Å². The topological polar surface area (TPSA) is 59.5 Å². The van der Waals surface area contributed by atoms with Crippen LogP contribution in [0.2, 0.25) is 10.0 Å². The van der Waals surface area contributed by atoms with Gasteiger partial charge in [0.1, 0.15) is 5.82 Å². The van der Waals surface area contributed by atoms with E-state index in [9.17, 15) is 0 Å². The minimum absolute atomic E-state index is 0.261. The number of methoxy groups -OCH3 is 2. The molecule has 2 aromatic carbocycles. The van der Waals surface area contributed by atoms with Crippen LogP contribution in [0, 0.1) is 0 Å². The van der Waals surface area contributed by atoms with Crippen LogP contribution in [0.15, 0.2) is 30.3 Å². The predicted octanol–water partition coefficient (Wildman–Crippen LogP) is 7.05. The summed E-state index contributed by atoms with van der Waals surface area (Å²) in [7, 11) is 3.17. The van der Waals surface area contributed by atoms with Crippen molar-refractivity contribution in [1.29, 1.82) is 0 Å². The molecule has 0 saturated heterocycles. The molecule has 0 fully saturated rings. The van der Waals surface area contributed by atoms with Crippen LogP contribution >= 0.6 is 23.2 Å². The Morgan fingerprint density at radius 3 is 2.40 bits per heavy atom. The molecule has 188 valence electrons. The van der Waals surface area contributed by atoms with Crippen molar-refractivity contribution in [2.75, 3.05) is 39.2 Å². The monoisotopic (exact) mass is 516 g/mol. The van der Waals surface area contributed by atoms with Crippen molar-refractivity contribution >= 4 is 52.1 Å². The third kappa shape index (κ3) is 7.23. The Hall–Kier alpha value is -2.54. The highest BCUT2D eigenvalue weighted by Gasteiger charge is 2.12. The first kappa shape index (κ1) is 27.1. The summed E-state index contributed by atoms with van der Waals surface area (Å²) in [5.74, 6) is 2.53. The van der Waals surface area contributed by atoms with Crippen LogP contribution in [-0.2, 0) is 0 Å². The molecule has 35 heavy (non-hydrogen) atoms. The second-order valence-corrected chi connectivity index (χ2v) is 9.21. The van der Waals surface area contributed by atoms with Crippen molar-refractivity contribution in [3.63, 3.8) is 0 Å². The highest BCUT2D eigenvalue weighted by molar-refractivity contribution is 6.32. The number of ether oxygens (including phenoxy) is 2. The number of halogens is 2. The van der Waals surface area contributed by atoms with Gasteiger partial charge in [0.05, 0.1) is 24.8 Å². The fraction of sp³-hybridized carbons (Fsp3) is 0.407. The lowest BCUT2D eigenvalue weighted by atomic mass is 10.1. The highest BCUT2D eigenvalue weighted by Crippen LogP contribution is 2.34. The minimum atomic E-state index is 0.261. The predicted molar refractivity (Wildman–Crippen MR) is 148 cm³/mol. The molecule has 0 aliphatic rings. The summed E-state index contributed by atoms with van der Waals surface area (Å²) in [6.45, 7) is 9.84. The molecule has 0 radical (unpaired) electrons. The first-order valence-electron chi connectivity index (χ1n) is 11.9. The van der Waals surface area contributed by atoms with Crippen molar-refractivity contribution in [3.8, 4) is 11.5 Å². The number of fused-ring (bicyclic) bond motifs is 1. The van der Waals surface area contributed by atoms with Crippen molar-refractivity contribution in [2.45, 2.75) is 39.7 Å². The minimum Gasteiger partial charge on any atom is -0.493 e. The van der Waals surface area contributed by atoms with Gasteiger partial charge in [-0.05, 0) is 81.4 Å². The van der Waals surface area contributed by atoms with Gasteiger partial charge in [-0.1, -0.05) is 37.0 Å². The Bertz CT molecular complexity index is 1170. The van der Waals surface area contributed by atoms with E-state index in [0.29, 0.717) is 27.4 Å². The van der Waals surface area contributed by atoms with Gasteiger partial charge in [-0.15, -0.1) is 0 Å². The molecule has 1 heterocycles. The van der Waals surface area contributed by atoms with E-state index in [2.05, 4.69) is 31.0 Å². The Balaban J connectivity index is 1.86. The summed E-state index contributed by atoms with van der Waals surface area (Å²) in [6.07, 6.45) is 5.87.